The monoisotopic (exact) mass is 279 g/mol. The maximum Gasteiger partial charge on any atom is 0.161 e. The Balaban J connectivity index is 2.59. The van der Waals surface area contributed by atoms with E-state index in [4.69, 9.17) is 9.47 Å². The second-order valence-electron chi connectivity index (χ2n) is 5.18. The Morgan fingerprint density at radius 3 is 2.40 bits per heavy atom. The lowest BCUT2D eigenvalue weighted by molar-refractivity contribution is 0.287. The molecule has 1 rings (SSSR count). The van der Waals surface area contributed by atoms with E-state index in [0.717, 1.165) is 30.4 Å². The lowest BCUT2D eigenvalue weighted by Gasteiger charge is -2.14. The van der Waals surface area contributed by atoms with Crippen molar-refractivity contribution in [3.05, 3.63) is 23.8 Å². The highest BCUT2D eigenvalue weighted by Crippen LogP contribution is 2.29. The number of ether oxygens (including phenoxy) is 2. The Bertz CT molecular complexity index is 379. The van der Waals surface area contributed by atoms with Crippen molar-refractivity contribution in [2.24, 2.45) is 5.92 Å². The summed E-state index contributed by atoms with van der Waals surface area (Å²) in [6, 6.07) is 6.31. The van der Waals surface area contributed by atoms with E-state index in [1.165, 1.54) is 18.4 Å². The second-order valence-corrected chi connectivity index (χ2v) is 5.18. The van der Waals surface area contributed by atoms with Crippen molar-refractivity contribution < 1.29 is 9.47 Å². The van der Waals surface area contributed by atoms with Crippen molar-refractivity contribution >= 4 is 0 Å². The van der Waals surface area contributed by atoms with Crippen LogP contribution in [0.4, 0.5) is 0 Å². The number of rotatable bonds is 10. The van der Waals surface area contributed by atoms with E-state index >= 15 is 0 Å². The summed E-state index contributed by atoms with van der Waals surface area (Å²) in [6.45, 7) is 8.74. The van der Waals surface area contributed by atoms with Crippen LogP contribution in [0.25, 0.3) is 0 Å². The zero-order valence-corrected chi connectivity index (χ0v) is 13.4. The van der Waals surface area contributed by atoms with Gasteiger partial charge in [0.15, 0.2) is 11.5 Å². The van der Waals surface area contributed by atoms with Gasteiger partial charge in [0.1, 0.15) is 0 Å². The van der Waals surface area contributed by atoms with Crippen molar-refractivity contribution in [2.45, 2.75) is 40.0 Å². The lowest BCUT2D eigenvalue weighted by atomic mass is 9.98. The predicted octanol–water partition coefficient (Wildman–Crippen LogP) is 3.66. The fourth-order valence-electron chi connectivity index (χ4n) is 2.20. The van der Waals surface area contributed by atoms with Crippen molar-refractivity contribution in [2.75, 3.05) is 26.8 Å². The molecule has 1 N–H and O–H groups in total. The van der Waals surface area contributed by atoms with Gasteiger partial charge in [-0.05, 0) is 70.3 Å². The number of hydrogen-bond donors (Lipinski definition) is 1. The minimum Gasteiger partial charge on any atom is -0.490 e. The van der Waals surface area contributed by atoms with E-state index in [0.29, 0.717) is 13.2 Å². The smallest absolute Gasteiger partial charge is 0.161 e. The van der Waals surface area contributed by atoms with Crippen LogP contribution in [0.5, 0.6) is 11.5 Å². The third-order valence-corrected chi connectivity index (χ3v) is 3.42. The van der Waals surface area contributed by atoms with Gasteiger partial charge in [-0.3, -0.25) is 0 Å². The molecule has 0 aromatic heterocycles. The molecule has 0 amide bonds. The average molecular weight is 279 g/mol. The summed E-state index contributed by atoms with van der Waals surface area (Å²) >= 11 is 0. The van der Waals surface area contributed by atoms with Crippen molar-refractivity contribution in [1.82, 2.24) is 5.32 Å². The largest absolute Gasteiger partial charge is 0.490 e. The minimum absolute atomic E-state index is 0.667. The average Bonchev–Trinajstić information content (AvgIpc) is 2.45. The molecule has 0 radical (unpaired) electrons. The molecule has 0 saturated heterocycles. The summed E-state index contributed by atoms with van der Waals surface area (Å²) in [7, 11) is 2.01. The van der Waals surface area contributed by atoms with Crippen LogP contribution in [0.2, 0.25) is 0 Å². The quantitative estimate of drug-likeness (QED) is 0.709. The first-order chi connectivity index (χ1) is 9.71. The Morgan fingerprint density at radius 2 is 1.75 bits per heavy atom. The summed E-state index contributed by atoms with van der Waals surface area (Å²) in [5.74, 6) is 2.46. The van der Waals surface area contributed by atoms with Gasteiger partial charge in [0.05, 0.1) is 13.2 Å². The van der Waals surface area contributed by atoms with Crippen LogP contribution >= 0.6 is 0 Å². The number of hydrogen-bond acceptors (Lipinski definition) is 3. The van der Waals surface area contributed by atoms with Crippen LogP contribution < -0.4 is 14.8 Å². The molecule has 0 spiro atoms. The second kappa shape index (κ2) is 9.65. The van der Waals surface area contributed by atoms with Gasteiger partial charge in [-0.1, -0.05) is 13.0 Å². The van der Waals surface area contributed by atoms with Crippen molar-refractivity contribution in [3.63, 3.8) is 0 Å². The molecule has 0 saturated carbocycles. The van der Waals surface area contributed by atoms with Gasteiger partial charge in [-0.15, -0.1) is 0 Å². The summed E-state index contributed by atoms with van der Waals surface area (Å²) in [4.78, 5) is 0. The maximum absolute atomic E-state index is 5.67. The van der Waals surface area contributed by atoms with E-state index in [1.807, 2.05) is 27.0 Å². The first kappa shape index (κ1) is 16.8. The molecule has 3 heteroatoms. The van der Waals surface area contributed by atoms with Gasteiger partial charge in [-0.25, -0.2) is 0 Å². The van der Waals surface area contributed by atoms with Crippen LogP contribution in [0, 0.1) is 5.92 Å². The molecule has 0 aliphatic carbocycles. The predicted molar refractivity (Wildman–Crippen MR) is 84.8 cm³/mol. The van der Waals surface area contributed by atoms with Gasteiger partial charge in [-0.2, -0.15) is 0 Å². The molecule has 1 atom stereocenters. The normalized spacial score (nSPS) is 12.2. The van der Waals surface area contributed by atoms with Crippen LogP contribution in [-0.4, -0.2) is 26.8 Å². The van der Waals surface area contributed by atoms with Crippen LogP contribution in [-0.2, 0) is 6.42 Å². The first-order valence-corrected chi connectivity index (χ1v) is 7.74. The number of benzene rings is 1. The summed E-state index contributed by atoms with van der Waals surface area (Å²) in [5.41, 5.74) is 1.33. The SMILES string of the molecule is CCOc1ccc(CCC(C)CCNC)cc1OCC. The molecule has 1 aromatic rings. The highest BCUT2D eigenvalue weighted by Gasteiger charge is 2.08. The molecular weight excluding hydrogens is 250 g/mol. The van der Waals surface area contributed by atoms with E-state index in [-0.39, 0.29) is 0 Å². The Labute approximate surface area is 123 Å². The van der Waals surface area contributed by atoms with Gasteiger partial charge >= 0.3 is 0 Å². The molecule has 20 heavy (non-hydrogen) atoms. The summed E-state index contributed by atoms with van der Waals surface area (Å²) in [6.07, 6.45) is 3.53. The fraction of sp³-hybridized carbons (Fsp3) is 0.647. The minimum atomic E-state index is 0.667. The molecule has 1 unspecified atom stereocenters. The molecular formula is C17H29NO2. The first-order valence-electron chi connectivity index (χ1n) is 7.74. The third kappa shape index (κ3) is 5.83. The molecule has 0 heterocycles. The van der Waals surface area contributed by atoms with Crippen molar-refractivity contribution in [3.8, 4) is 11.5 Å². The van der Waals surface area contributed by atoms with Crippen molar-refractivity contribution in [1.29, 1.82) is 0 Å². The van der Waals surface area contributed by atoms with Crippen LogP contribution in [0.3, 0.4) is 0 Å². The van der Waals surface area contributed by atoms with Gasteiger partial charge in [0.2, 0.25) is 0 Å². The van der Waals surface area contributed by atoms with Crippen LogP contribution in [0.1, 0.15) is 39.2 Å². The Hall–Kier alpha value is -1.22. The van der Waals surface area contributed by atoms with Gasteiger partial charge < -0.3 is 14.8 Å². The van der Waals surface area contributed by atoms with E-state index in [1.54, 1.807) is 0 Å². The summed E-state index contributed by atoms with van der Waals surface area (Å²) < 4.78 is 11.3. The van der Waals surface area contributed by atoms with Crippen LogP contribution in [0.15, 0.2) is 18.2 Å². The molecule has 0 aliphatic heterocycles. The highest BCUT2D eigenvalue weighted by molar-refractivity contribution is 5.43. The van der Waals surface area contributed by atoms with E-state index in [9.17, 15) is 0 Å². The van der Waals surface area contributed by atoms with E-state index in [2.05, 4.69) is 24.4 Å². The Kier molecular flexibility index (Phi) is 8.12. The van der Waals surface area contributed by atoms with E-state index < -0.39 is 0 Å². The highest BCUT2D eigenvalue weighted by atomic mass is 16.5. The zero-order chi connectivity index (χ0) is 14.8. The van der Waals surface area contributed by atoms with Gasteiger partial charge in [0.25, 0.3) is 0 Å². The number of aryl methyl sites for hydroxylation is 1. The molecule has 114 valence electrons. The van der Waals surface area contributed by atoms with Gasteiger partial charge in [0, 0.05) is 0 Å². The third-order valence-electron chi connectivity index (χ3n) is 3.42. The molecule has 0 bridgehead atoms. The fourth-order valence-corrected chi connectivity index (χ4v) is 2.20. The number of nitrogens with one attached hydrogen (secondary N) is 1. The molecule has 0 fully saturated rings. The topological polar surface area (TPSA) is 30.5 Å². The lowest BCUT2D eigenvalue weighted by Crippen LogP contribution is -2.12. The molecule has 3 nitrogen and oxygen atoms in total. The maximum atomic E-state index is 5.67. The Morgan fingerprint density at radius 1 is 1.05 bits per heavy atom. The standard InChI is InChI=1S/C17H29NO2/c1-5-19-16-10-9-15(13-17(16)20-6-2)8-7-14(3)11-12-18-4/h9-10,13-14,18H,5-8,11-12H2,1-4H3. The zero-order valence-electron chi connectivity index (χ0n) is 13.4. The summed E-state index contributed by atoms with van der Waals surface area (Å²) in [5, 5.41) is 3.21. The molecule has 0 aliphatic rings. The molecule has 1 aromatic carbocycles.